The summed E-state index contributed by atoms with van der Waals surface area (Å²) in [7, 11) is 1.36. The first-order valence-electron chi connectivity index (χ1n) is 11.5. The summed E-state index contributed by atoms with van der Waals surface area (Å²) in [5.41, 5.74) is 5.11. The third-order valence-electron chi connectivity index (χ3n) is 6.54. The van der Waals surface area contributed by atoms with Crippen LogP contribution in [0.4, 0.5) is 5.69 Å². The van der Waals surface area contributed by atoms with Gasteiger partial charge in [0.15, 0.2) is 0 Å². The molecule has 11 nitrogen and oxygen atoms in total. The number of sulfonamides is 1. The molecule has 2 atom stereocenters. The Morgan fingerprint density at radius 3 is 2.54 bits per heavy atom. The van der Waals surface area contributed by atoms with Gasteiger partial charge in [0.25, 0.3) is 0 Å². The van der Waals surface area contributed by atoms with Gasteiger partial charge in [0.1, 0.15) is 17.9 Å². The van der Waals surface area contributed by atoms with E-state index in [1.807, 2.05) is 13.1 Å². The van der Waals surface area contributed by atoms with Crippen LogP contribution >= 0.6 is 0 Å². The van der Waals surface area contributed by atoms with Crippen LogP contribution < -0.4 is 34.6 Å². The van der Waals surface area contributed by atoms with E-state index in [0.717, 1.165) is 39.5 Å². The van der Waals surface area contributed by atoms with E-state index < -0.39 is 22.1 Å². The zero-order valence-corrected chi connectivity index (χ0v) is 24.2. The van der Waals surface area contributed by atoms with Crippen LogP contribution in [0.25, 0.3) is 11.1 Å². The fraction of sp³-hybridized carbons (Fsp3) is 0.417. The molecule has 0 aliphatic carbocycles. The summed E-state index contributed by atoms with van der Waals surface area (Å²) in [4.78, 5) is 18.9. The van der Waals surface area contributed by atoms with Gasteiger partial charge in [-0.25, -0.2) is 17.5 Å². The predicted octanol–water partition coefficient (Wildman–Crippen LogP) is -2.71. The van der Waals surface area contributed by atoms with Crippen molar-refractivity contribution in [2.45, 2.75) is 30.4 Å². The molecule has 196 valence electrons. The van der Waals surface area contributed by atoms with Crippen LogP contribution in [0, 0.1) is 5.21 Å². The summed E-state index contributed by atoms with van der Waals surface area (Å²) in [6.07, 6.45) is -0.730. The monoisotopic (exact) mass is 542 g/mol. The molecule has 2 aliphatic rings. The molecule has 13 heteroatoms. The molecule has 37 heavy (non-hydrogen) atoms. The standard InChI is InChI=1S/C24H30N4O7S.Na.H/c1-26(2)36(33,34)16-6-4-15(5-7-16)18-12-19-21(25-35-22(9-11-29)24(30)31)14-28(32)23(19)20-13-27(3)10-8-17(18)20;;/h4-7,12,22,28-29H,8-11,13-14H2,1-3H3,(H,30,31);;/q;+1;-1. The maximum absolute atomic E-state index is 13.0. The Balaban J connectivity index is 0.00000253. The van der Waals surface area contributed by atoms with Gasteiger partial charge in [-0.2, -0.15) is 0 Å². The third-order valence-corrected chi connectivity index (χ3v) is 8.37. The van der Waals surface area contributed by atoms with E-state index in [1.54, 1.807) is 24.3 Å². The van der Waals surface area contributed by atoms with Crippen molar-refractivity contribution in [2.75, 3.05) is 40.8 Å². The molecular formula is C24H31N4NaO7S. The summed E-state index contributed by atoms with van der Waals surface area (Å²) < 4.78 is 26.2. The fourth-order valence-electron chi connectivity index (χ4n) is 4.60. The molecule has 4 rings (SSSR count). The Morgan fingerprint density at radius 1 is 1.27 bits per heavy atom. The van der Waals surface area contributed by atoms with Crippen LogP contribution in [-0.4, -0.2) is 86.5 Å². The maximum Gasteiger partial charge on any atom is 1.00 e. The van der Waals surface area contributed by atoms with E-state index in [2.05, 4.69) is 10.1 Å². The number of rotatable bonds is 8. The molecule has 0 amide bonds. The Bertz CT molecular complexity index is 1310. The quantitative estimate of drug-likeness (QED) is 0.185. The first-order chi connectivity index (χ1) is 17.0. The van der Waals surface area contributed by atoms with Gasteiger partial charge in [-0.1, -0.05) is 17.3 Å². The van der Waals surface area contributed by atoms with Gasteiger partial charge in [-0.15, -0.1) is 0 Å². The topological polar surface area (TPSA) is 147 Å². The van der Waals surface area contributed by atoms with Crippen LogP contribution in [0.3, 0.4) is 0 Å². The average Bonchev–Trinajstić information content (AvgIpc) is 3.16. The molecule has 2 aromatic rings. The second kappa shape index (κ2) is 11.9. The summed E-state index contributed by atoms with van der Waals surface area (Å²) >= 11 is 0. The number of aliphatic hydroxyl groups excluding tert-OH is 1. The van der Waals surface area contributed by atoms with Crippen molar-refractivity contribution in [3.05, 3.63) is 52.2 Å². The Labute approximate surface area is 239 Å². The van der Waals surface area contributed by atoms with Crippen LogP contribution in [0.15, 0.2) is 40.4 Å². The van der Waals surface area contributed by atoms with E-state index >= 15 is 0 Å². The van der Waals surface area contributed by atoms with Crippen LogP contribution in [-0.2, 0) is 32.6 Å². The van der Waals surface area contributed by atoms with Gasteiger partial charge in [0.2, 0.25) is 16.1 Å². The molecule has 3 N–H and O–H groups in total. The minimum atomic E-state index is -3.57. The molecule has 2 aliphatic heterocycles. The number of carbonyl (C=O) groups is 1. The van der Waals surface area contributed by atoms with Gasteiger partial charge in [-0.05, 0) is 48.4 Å². The number of aliphatic carboxylic acids is 1. The molecule has 0 aromatic heterocycles. The largest absolute Gasteiger partial charge is 1.00 e. The fourth-order valence-corrected chi connectivity index (χ4v) is 5.50. The minimum Gasteiger partial charge on any atom is -1.00 e. The van der Waals surface area contributed by atoms with Crippen molar-refractivity contribution in [3.63, 3.8) is 0 Å². The Morgan fingerprint density at radius 2 is 1.95 bits per heavy atom. The number of hydrogen-bond donors (Lipinski definition) is 3. The normalized spacial score (nSPS) is 19.3. The van der Waals surface area contributed by atoms with Crippen molar-refractivity contribution in [1.29, 1.82) is 0 Å². The summed E-state index contributed by atoms with van der Waals surface area (Å²) in [5, 5.41) is 35.4. The second-order valence-electron chi connectivity index (χ2n) is 9.19. The van der Waals surface area contributed by atoms with E-state index in [-0.39, 0.29) is 60.5 Å². The molecule has 0 saturated heterocycles. The number of oxime groups is 1. The first-order valence-corrected chi connectivity index (χ1v) is 13.0. The average molecular weight is 543 g/mol. The summed E-state index contributed by atoms with van der Waals surface area (Å²) in [6, 6.07) is 8.50. The number of hydroxylamine groups is 1. The zero-order chi connectivity index (χ0) is 26.2. The molecule has 0 spiro atoms. The van der Waals surface area contributed by atoms with E-state index in [9.17, 15) is 23.5 Å². The first kappa shape index (κ1) is 29.7. The van der Waals surface area contributed by atoms with Crippen LogP contribution in [0.1, 0.15) is 24.5 Å². The molecule has 2 aromatic carbocycles. The Kier molecular flexibility index (Phi) is 9.54. The third kappa shape index (κ3) is 5.92. The number of hydrogen-bond acceptors (Lipinski definition) is 8. The summed E-state index contributed by atoms with van der Waals surface area (Å²) in [5.74, 6) is -1.25. The second-order valence-corrected chi connectivity index (χ2v) is 11.3. The van der Waals surface area contributed by atoms with Crippen molar-refractivity contribution < 1.29 is 64.3 Å². The number of aliphatic hydroxyl groups is 1. The molecule has 0 saturated carbocycles. The Hall–Kier alpha value is -1.87. The van der Waals surface area contributed by atoms with E-state index in [4.69, 9.17) is 9.94 Å². The molecule has 2 unspecified atom stereocenters. The molecular weight excluding hydrogens is 511 g/mol. The molecule has 0 radical (unpaired) electrons. The molecule has 0 bridgehead atoms. The van der Waals surface area contributed by atoms with Crippen molar-refractivity contribution in [3.8, 4) is 11.1 Å². The smallest absolute Gasteiger partial charge is 1.00 e. The number of nitrogens with zero attached hydrogens (tertiary/aromatic N) is 3. The molecule has 0 fully saturated rings. The minimum absolute atomic E-state index is 0. The van der Waals surface area contributed by atoms with Crippen LogP contribution in [0.2, 0.25) is 0 Å². The van der Waals surface area contributed by atoms with Gasteiger partial charge in [0.05, 0.1) is 10.5 Å². The van der Waals surface area contributed by atoms with Crippen molar-refractivity contribution in [1.82, 2.24) is 9.21 Å². The number of benzene rings is 2. The predicted molar refractivity (Wildman–Crippen MR) is 134 cm³/mol. The van der Waals surface area contributed by atoms with Crippen LogP contribution in [0.5, 0.6) is 0 Å². The van der Waals surface area contributed by atoms with Gasteiger partial charge in [-0.3, -0.25) is 0 Å². The van der Waals surface area contributed by atoms with Gasteiger partial charge in [0, 0.05) is 45.8 Å². The van der Waals surface area contributed by atoms with E-state index in [0.29, 0.717) is 23.5 Å². The van der Waals surface area contributed by atoms with E-state index in [1.165, 1.54) is 14.1 Å². The maximum atomic E-state index is 13.0. The van der Waals surface area contributed by atoms with Crippen molar-refractivity contribution >= 4 is 27.4 Å². The number of quaternary nitrogens is 1. The van der Waals surface area contributed by atoms with Crippen molar-refractivity contribution in [2.24, 2.45) is 5.16 Å². The zero-order valence-electron chi connectivity index (χ0n) is 22.4. The number of nitrogens with one attached hydrogen (secondary N) is 1. The summed E-state index contributed by atoms with van der Waals surface area (Å²) in [6.45, 7) is 0.994. The van der Waals surface area contributed by atoms with Gasteiger partial charge >= 0.3 is 35.5 Å². The number of likely N-dealkylation sites (N-methyl/N-ethyl adjacent to an activating group) is 1. The number of carboxylic acids is 1. The SMILES string of the molecule is CN1CCc2c(-c3ccc(S(=O)(=O)N(C)C)cc3)cc3c(c2C1)[NH+]([O-])CC3=NOC(CCO)C(=O)O.[H-].[Na+]. The molecule has 2 heterocycles. The number of carboxylic acid groups (broad SMARTS) is 1. The number of fused-ring (bicyclic) bond motifs is 3. The van der Waals surface area contributed by atoms with Gasteiger partial charge < -0.3 is 31.6 Å².